The molecule has 1 saturated heterocycles. The summed E-state index contributed by atoms with van der Waals surface area (Å²) in [5, 5.41) is 3.02. The van der Waals surface area contributed by atoms with Crippen LogP contribution in [0.1, 0.15) is 66.7 Å². The Labute approximate surface area is 140 Å². The molecule has 1 spiro atoms. The maximum Gasteiger partial charge on any atom is 0.245 e. The summed E-state index contributed by atoms with van der Waals surface area (Å²) in [6, 6.07) is -0.385. The predicted octanol–water partition coefficient (Wildman–Crippen LogP) is 2.69. The van der Waals surface area contributed by atoms with Crippen LogP contribution in [-0.4, -0.2) is 41.1 Å². The van der Waals surface area contributed by atoms with Crippen molar-refractivity contribution in [3.05, 3.63) is 0 Å². The molecule has 2 amide bonds. The molecule has 5 nitrogen and oxygen atoms in total. The molecule has 0 radical (unpaired) electrons. The SMILES string of the molecule is CC[C@H](C)NC(=O)[C@H]1CO[C@]2(CCC[C@H](C)C2)N1C(=O)C(C)C. The molecule has 23 heavy (non-hydrogen) atoms. The van der Waals surface area contributed by atoms with Crippen molar-refractivity contribution in [2.75, 3.05) is 6.61 Å². The molecule has 132 valence electrons. The fourth-order valence-corrected chi connectivity index (χ4v) is 3.75. The van der Waals surface area contributed by atoms with E-state index >= 15 is 0 Å². The summed E-state index contributed by atoms with van der Waals surface area (Å²) in [5.74, 6) is 0.330. The van der Waals surface area contributed by atoms with Crippen LogP contribution in [0.15, 0.2) is 0 Å². The van der Waals surface area contributed by atoms with Crippen molar-refractivity contribution in [3.8, 4) is 0 Å². The number of nitrogens with zero attached hydrogens (tertiary/aromatic N) is 1. The Kier molecular flexibility index (Phi) is 5.71. The van der Waals surface area contributed by atoms with Gasteiger partial charge in [0, 0.05) is 12.0 Å². The molecule has 1 saturated carbocycles. The van der Waals surface area contributed by atoms with Crippen molar-refractivity contribution in [1.82, 2.24) is 10.2 Å². The normalized spacial score (nSPS) is 32.3. The van der Waals surface area contributed by atoms with Crippen molar-refractivity contribution in [3.63, 3.8) is 0 Å². The average molecular weight is 324 g/mol. The fraction of sp³-hybridized carbons (Fsp3) is 0.889. The molecule has 4 atom stereocenters. The molecule has 0 bridgehead atoms. The Morgan fingerprint density at radius 2 is 2.04 bits per heavy atom. The number of rotatable bonds is 4. The molecule has 1 heterocycles. The number of carbonyl (C=O) groups is 2. The van der Waals surface area contributed by atoms with E-state index < -0.39 is 11.8 Å². The zero-order valence-corrected chi connectivity index (χ0v) is 15.2. The highest BCUT2D eigenvalue weighted by Crippen LogP contribution is 2.43. The second-order valence-corrected chi connectivity index (χ2v) is 7.66. The number of hydrogen-bond acceptors (Lipinski definition) is 3. The summed E-state index contributed by atoms with van der Waals surface area (Å²) < 4.78 is 6.13. The third kappa shape index (κ3) is 3.70. The molecule has 5 heteroatoms. The minimum Gasteiger partial charge on any atom is -0.353 e. The van der Waals surface area contributed by atoms with Gasteiger partial charge in [-0.05, 0) is 38.5 Å². The van der Waals surface area contributed by atoms with Crippen LogP contribution in [0.4, 0.5) is 0 Å². The van der Waals surface area contributed by atoms with Gasteiger partial charge < -0.3 is 10.1 Å². The number of ether oxygens (including phenoxy) is 1. The van der Waals surface area contributed by atoms with E-state index in [0.29, 0.717) is 12.5 Å². The van der Waals surface area contributed by atoms with Crippen LogP contribution in [0, 0.1) is 11.8 Å². The standard InChI is InChI=1S/C18H32N2O3/c1-6-14(5)19-16(21)15-11-23-18(9-7-8-13(4)10-18)20(15)17(22)12(2)3/h12-15H,6-11H2,1-5H3,(H,19,21)/t13-,14-,15+,18-/m0/s1. The van der Waals surface area contributed by atoms with Crippen LogP contribution in [0.5, 0.6) is 0 Å². The van der Waals surface area contributed by atoms with Crippen molar-refractivity contribution in [2.45, 2.75) is 84.5 Å². The Morgan fingerprint density at radius 1 is 1.35 bits per heavy atom. The zero-order valence-electron chi connectivity index (χ0n) is 15.2. The van der Waals surface area contributed by atoms with Gasteiger partial charge in [-0.25, -0.2) is 0 Å². The van der Waals surface area contributed by atoms with E-state index in [1.807, 2.05) is 27.7 Å². The molecule has 1 aliphatic heterocycles. The molecule has 0 aromatic rings. The van der Waals surface area contributed by atoms with Crippen LogP contribution >= 0.6 is 0 Å². The second-order valence-electron chi connectivity index (χ2n) is 7.66. The molecule has 0 aromatic carbocycles. The van der Waals surface area contributed by atoms with Crippen molar-refractivity contribution in [1.29, 1.82) is 0 Å². The molecular weight excluding hydrogens is 292 g/mol. The van der Waals surface area contributed by atoms with Crippen LogP contribution in [-0.2, 0) is 14.3 Å². The molecule has 2 fully saturated rings. The predicted molar refractivity (Wildman–Crippen MR) is 89.7 cm³/mol. The largest absolute Gasteiger partial charge is 0.353 e. The first-order valence-corrected chi connectivity index (χ1v) is 9.08. The highest BCUT2D eigenvalue weighted by molar-refractivity contribution is 5.89. The first kappa shape index (κ1) is 18.2. The smallest absolute Gasteiger partial charge is 0.245 e. The van der Waals surface area contributed by atoms with E-state index in [1.165, 1.54) is 6.42 Å². The van der Waals surface area contributed by atoms with E-state index in [4.69, 9.17) is 4.74 Å². The van der Waals surface area contributed by atoms with Crippen molar-refractivity contribution < 1.29 is 14.3 Å². The Morgan fingerprint density at radius 3 is 2.61 bits per heavy atom. The topological polar surface area (TPSA) is 58.6 Å². The van der Waals surface area contributed by atoms with Gasteiger partial charge >= 0.3 is 0 Å². The molecule has 1 aliphatic carbocycles. The van der Waals surface area contributed by atoms with Gasteiger partial charge in [0.05, 0.1) is 6.61 Å². The van der Waals surface area contributed by atoms with E-state index in [-0.39, 0.29) is 23.8 Å². The monoisotopic (exact) mass is 324 g/mol. The summed E-state index contributed by atoms with van der Waals surface area (Å²) in [4.78, 5) is 27.3. The summed E-state index contributed by atoms with van der Waals surface area (Å²) in [7, 11) is 0. The summed E-state index contributed by atoms with van der Waals surface area (Å²) >= 11 is 0. The highest BCUT2D eigenvalue weighted by Gasteiger charge is 2.54. The minimum atomic E-state index is -0.573. The van der Waals surface area contributed by atoms with Gasteiger partial charge in [-0.3, -0.25) is 14.5 Å². The molecule has 2 aliphatic rings. The quantitative estimate of drug-likeness (QED) is 0.865. The van der Waals surface area contributed by atoms with Crippen LogP contribution in [0.2, 0.25) is 0 Å². The molecular formula is C18H32N2O3. The van der Waals surface area contributed by atoms with E-state index in [9.17, 15) is 9.59 Å². The third-order valence-electron chi connectivity index (χ3n) is 5.23. The Hall–Kier alpha value is -1.10. The Balaban J connectivity index is 2.25. The summed E-state index contributed by atoms with van der Waals surface area (Å²) in [6.07, 6.45) is 4.75. The van der Waals surface area contributed by atoms with E-state index in [1.54, 1.807) is 4.90 Å². The van der Waals surface area contributed by atoms with Gasteiger partial charge in [0.2, 0.25) is 11.8 Å². The first-order chi connectivity index (χ1) is 10.8. The van der Waals surface area contributed by atoms with Gasteiger partial charge in [-0.15, -0.1) is 0 Å². The number of nitrogens with one attached hydrogen (secondary N) is 1. The molecule has 0 unspecified atom stereocenters. The number of hydrogen-bond donors (Lipinski definition) is 1. The first-order valence-electron chi connectivity index (χ1n) is 9.08. The van der Waals surface area contributed by atoms with Crippen molar-refractivity contribution in [2.24, 2.45) is 11.8 Å². The minimum absolute atomic E-state index is 0.0286. The van der Waals surface area contributed by atoms with Gasteiger partial charge in [0.15, 0.2) is 0 Å². The van der Waals surface area contributed by atoms with Gasteiger partial charge in [-0.2, -0.15) is 0 Å². The van der Waals surface area contributed by atoms with E-state index in [2.05, 4.69) is 12.2 Å². The summed E-state index contributed by atoms with van der Waals surface area (Å²) in [5.41, 5.74) is -0.573. The van der Waals surface area contributed by atoms with Crippen molar-refractivity contribution >= 4 is 11.8 Å². The van der Waals surface area contributed by atoms with Crippen LogP contribution in [0.25, 0.3) is 0 Å². The molecule has 2 rings (SSSR count). The van der Waals surface area contributed by atoms with Gasteiger partial charge in [0.25, 0.3) is 0 Å². The van der Waals surface area contributed by atoms with Gasteiger partial charge in [-0.1, -0.05) is 34.1 Å². The summed E-state index contributed by atoms with van der Waals surface area (Å²) in [6.45, 7) is 10.3. The Bertz CT molecular complexity index is 452. The lowest BCUT2D eigenvalue weighted by Crippen LogP contribution is -2.58. The van der Waals surface area contributed by atoms with E-state index in [0.717, 1.165) is 25.7 Å². The number of carbonyl (C=O) groups excluding carboxylic acids is 2. The second kappa shape index (κ2) is 7.20. The van der Waals surface area contributed by atoms with Crippen LogP contribution in [0.3, 0.4) is 0 Å². The molecule has 0 aromatic heterocycles. The lowest BCUT2D eigenvalue weighted by Gasteiger charge is -2.44. The van der Waals surface area contributed by atoms with Gasteiger partial charge in [0.1, 0.15) is 11.8 Å². The average Bonchev–Trinajstić information content (AvgIpc) is 2.84. The fourth-order valence-electron chi connectivity index (χ4n) is 3.75. The highest BCUT2D eigenvalue weighted by atomic mass is 16.5. The zero-order chi connectivity index (χ0) is 17.2. The molecule has 1 N–H and O–H groups in total. The maximum absolute atomic E-state index is 12.9. The van der Waals surface area contributed by atoms with Crippen LogP contribution < -0.4 is 5.32 Å². The maximum atomic E-state index is 12.9. The lowest BCUT2D eigenvalue weighted by atomic mass is 9.82. The lowest BCUT2D eigenvalue weighted by molar-refractivity contribution is -0.165. The third-order valence-corrected chi connectivity index (χ3v) is 5.23. The number of amides is 2.